The minimum absolute atomic E-state index is 0.0353. The Morgan fingerprint density at radius 1 is 0.944 bits per heavy atom. The molecule has 0 saturated heterocycles. The Balaban J connectivity index is 1.85. The van der Waals surface area contributed by atoms with E-state index in [1.807, 2.05) is 32.9 Å². The van der Waals surface area contributed by atoms with E-state index in [0.29, 0.717) is 18.0 Å². The third-order valence-electron chi connectivity index (χ3n) is 5.99. The number of amides is 1. The third kappa shape index (κ3) is 6.66. The highest BCUT2D eigenvalue weighted by Gasteiger charge is 2.28. The van der Waals surface area contributed by atoms with Gasteiger partial charge in [0.15, 0.2) is 0 Å². The molecule has 1 atom stereocenters. The second-order valence-electron chi connectivity index (χ2n) is 9.91. The third-order valence-corrected chi connectivity index (χ3v) is 7.77. The van der Waals surface area contributed by atoms with Crippen LogP contribution in [0.2, 0.25) is 0 Å². The monoisotopic (exact) mass is 508 g/mol. The van der Waals surface area contributed by atoms with Crippen LogP contribution in [0.15, 0.2) is 77.7 Å². The molecule has 3 aromatic carbocycles. The summed E-state index contributed by atoms with van der Waals surface area (Å²) in [5.41, 5.74) is 3.52. The molecule has 0 unspecified atom stereocenters. The van der Waals surface area contributed by atoms with E-state index in [0.717, 1.165) is 15.4 Å². The summed E-state index contributed by atoms with van der Waals surface area (Å²) in [4.78, 5) is 13.2. The summed E-state index contributed by atoms with van der Waals surface area (Å²) >= 11 is 0. The number of aryl methyl sites for hydroxylation is 1. The van der Waals surface area contributed by atoms with Gasteiger partial charge in [0.05, 0.1) is 23.2 Å². The number of anilines is 1. The van der Waals surface area contributed by atoms with Crippen LogP contribution in [0.3, 0.4) is 0 Å². The molecule has 1 N–H and O–H groups in total. The highest BCUT2D eigenvalue weighted by atomic mass is 32.2. The molecule has 1 amide bonds. The number of hydrogen-bond donors (Lipinski definition) is 1. The molecule has 0 fully saturated rings. The molecule has 0 aliphatic heterocycles. The molecule has 0 spiro atoms. The lowest BCUT2D eigenvalue weighted by Gasteiger charge is -2.25. The second kappa shape index (κ2) is 11.2. The van der Waals surface area contributed by atoms with E-state index in [4.69, 9.17) is 4.74 Å². The highest BCUT2D eigenvalue weighted by Crippen LogP contribution is 2.27. The molecule has 0 aliphatic carbocycles. The van der Waals surface area contributed by atoms with Gasteiger partial charge in [-0.15, -0.1) is 0 Å². The largest absolute Gasteiger partial charge is 0.494 e. The van der Waals surface area contributed by atoms with Gasteiger partial charge in [-0.25, -0.2) is 8.42 Å². The van der Waals surface area contributed by atoms with Gasteiger partial charge in [0.25, 0.3) is 10.0 Å². The van der Waals surface area contributed by atoms with Gasteiger partial charge in [-0.2, -0.15) is 0 Å². The van der Waals surface area contributed by atoms with Crippen LogP contribution < -0.4 is 14.4 Å². The molecule has 3 rings (SSSR count). The smallest absolute Gasteiger partial charge is 0.264 e. The van der Waals surface area contributed by atoms with Crippen molar-refractivity contribution < 1.29 is 17.9 Å². The van der Waals surface area contributed by atoms with Gasteiger partial charge < -0.3 is 10.1 Å². The topological polar surface area (TPSA) is 75.7 Å². The molecule has 7 heteroatoms. The Morgan fingerprint density at radius 2 is 1.53 bits per heavy atom. The lowest BCUT2D eigenvalue weighted by Crippen LogP contribution is -2.41. The van der Waals surface area contributed by atoms with Crippen LogP contribution in [-0.4, -0.2) is 27.5 Å². The van der Waals surface area contributed by atoms with E-state index >= 15 is 0 Å². The van der Waals surface area contributed by atoms with Crippen molar-refractivity contribution in [2.45, 2.75) is 57.9 Å². The van der Waals surface area contributed by atoms with Crippen LogP contribution in [0, 0.1) is 6.92 Å². The Bertz CT molecular complexity index is 1260. The first-order valence-electron chi connectivity index (χ1n) is 12.1. The normalized spacial score (nSPS) is 12.6. The zero-order valence-electron chi connectivity index (χ0n) is 21.9. The number of carbonyl (C=O) groups excluding carboxylic acids is 1. The van der Waals surface area contributed by atoms with Gasteiger partial charge in [-0.3, -0.25) is 9.10 Å². The first-order valence-corrected chi connectivity index (χ1v) is 13.6. The first-order chi connectivity index (χ1) is 16.9. The number of ether oxygens (including phenoxy) is 1. The quantitative estimate of drug-likeness (QED) is 0.398. The average Bonchev–Trinajstić information content (AvgIpc) is 2.83. The van der Waals surface area contributed by atoms with Crippen LogP contribution in [0.1, 0.15) is 57.4 Å². The fourth-order valence-corrected chi connectivity index (χ4v) is 5.22. The summed E-state index contributed by atoms with van der Waals surface area (Å²) in [6, 6.07) is 21.1. The second-order valence-corrected chi connectivity index (χ2v) is 11.8. The standard InChI is InChI=1S/C29H36N2O4S/c1-7-35-26-16-14-25(15-17-26)31(36(33,34)27-18-8-21(2)9-19-27)20-28(32)30-22(3)23-10-12-24(13-11-23)29(4,5)6/h8-19,22H,7,20H2,1-6H3,(H,30,32)/t22-/m0/s1. The Kier molecular flexibility index (Phi) is 8.46. The van der Waals surface area contributed by atoms with Gasteiger partial charge in [0.1, 0.15) is 12.3 Å². The van der Waals surface area contributed by atoms with Crippen molar-refractivity contribution in [3.05, 3.63) is 89.5 Å². The number of benzene rings is 3. The van der Waals surface area contributed by atoms with Crippen LogP contribution in [0.5, 0.6) is 5.75 Å². The number of hydrogen-bond acceptors (Lipinski definition) is 4. The highest BCUT2D eigenvalue weighted by molar-refractivity contribution is 7.92. The maximum Gasteiger partial charge on any atom is 0.264 e. The summed E-state index contributed by atoms with van der Waals surface area (Å²) in [6.07, 6.45) is 0. The van der Waals surface area contributed by atoms with E-state index < -0.39 is 15.9 Å². The van der Waals surface area contributed by atoms with E-state index in [-0.39, 0.29) is 22.9 Å². The SMILES string of the molecule is CCOc1ccc(N(CC(=O)N[C@@H](C)c2ccc(C(C)(C)C)cc2)S(=O)(=O)c2ccc(C)cc2)cc1. The molecule has 0 heterocycles. The molecule has 36 heavy (non-hydrogen) atoms. The number of nitrogens with one attached hydrogen (secondary N) is 1. The molecule has 0 aliphatic rings. The lowest BCUT2D eigenvalue weighted by atomic mass is 9.86. The number of nitrogens with zero attached hydrogens (tertiary/aromatic N) is 1. The van der Waals surface area contributed by atoms with Gasteiger partial charge >= 0.3 is 0 Å². The molecular formula is C29H36N2O4S. The number of rotatable bonds is 9. The summed E-state index contributed by atoms with van der Waals surface area (Å²) in [5, 5.41) is 2.95. The van der Waals surface area contributed by atoms with Gasteiger partial charge in [-0.05, 0) is 73.7 Å². The number of carbonyl (C=O) groups is 1. The number of sulfonamides is 1. The van der Waals surface area contributed by atoms with Gasteiger partial charge in [-0.1, -0.05) is 62.7 Å². The molecular weight excluding hydrogens is 472 g/mol. The summed E-state index contributed by atoms with van der Waals surface area (Å²) in [7, 11) is -3.98. The minimum atomic E-state index is -3.98. The van der Waals surface area contributed by atoms with Crippen molar-refractivity contribution in [3.8, 4) is 5.75 Å². The Hall–Kier alpha value is -3.32. The fraction of sp³-hybridized carbons (Fsp3) is 0.345. The molecule has 6 nitrogen and oxygen atoms in total. The summed E-state index contributed by atoms with van der Waals surface area (Å²) in [5.74, 6) is 0.234. The first kappa shape index (κ1) is 27.3. The van der Waals surface area contributed by atoms with Crippen molar-refractivity contribution in [1.29, 1.82) is 0 Å². The van der Waals surface area contributed by atoms with E-state index in [1.54, 1.807) is 48.5 Å². The van der Waals surface area contributed by atoms with Crippen LogP contribution in [0.25, 0.3) is 0 Å². The minimum Gasteiger partial charge on any atom is -0.494 e. The lowest BCUT2D eigenvalue weighted by molar-refractivity contribution is -0.120. The maximum atomic E-state index is 13.6. The molecule has 0 aromatic heterocycles. The maximum absolute atomic E-state index is 13.6. The van der Waals surface area contributed by atoms with Gasteiger partial charge in [0, 0.05) is 0 Å². The van der Waals surface area contributed by atoms with Crippen molar-refractivity contribution in [3.63, 3.8) is 0 Å². The summed E-state index contributed by atoms with van der Waals surface area (Å²) in [6.45, 7) is 12.3. The summed E-state index contributed by atoms with van der Waals surface area (Å²) < 4.78 is 33.8. The predicted molar refractivity (Wildman–Crippen MR) is 145 cm³/mol. The Morgan fingerprint density at radius 3 is 2.06 bits per heavy atom. The van der Waals surface area contributed by atoms with Crippen molar-refractivity contribution in [2.24, 2.45) is 0 Å². The molecule has 0 radical (unpaired) electrons. The van der Waals surface area contributed by atoms with E-state index in [9.17, 15) is 13.2 Å². The van der Waals surface area contributed by atoms with Crippen molar-refractivity contribution in [1.82, 2.24) is 5.32 Å². The molecule has 192 valence electrons. The van der Waals surface area contributed by atoms with Crippen molar-refractivity contribution in [2.75, 3.05) is 17.5 Å². The van der Waals surface area contributed by atoms with Crippen LogP contribution >= 0.6 is 0 Å². The van der Waals surface area contributed by atoms with E-state index in [1.165, 1.54) is 5.56 Å². The molecule has 3 aromatic rings. The molecule has 0 saturated carbocycles. The average molecular weight is 509 g/mol. The van der Waals surface area contributed by atoms with Crippen LogP contribution in [-0.2, 0) is 20.2 Å². The van der Waals surface area contributed by atoms with Crippen molar-refractivity contribution >= 4 is 21.6 Å². The Labute approximate surface area is 215 Å². The van der Waals surface area contributed by atoms with Gasteiger partial charge in [0.2, 0.25) is 5.91 Å². The zero-order chi connectivity index (χ0) is 26.5. The van der Waals surface area contributed by atoms with E-state index in [2.05, 4.69) is 38.2 Å². The zero-order valence-corrected chi connectivity index (χ0v) is 22.7. The predicted octanol–water partition coefficient (Wildman–Crippen LogP) is 5.76. The van der Waals surface area contributed by atoms with Crippen LogP contribution in [0.4, 0.5) is 5.69 Å². The molecule has 0 bridgehead atoms. The fourth-order valence-electron chi connectivity index (χ4n) is 3.80.